The number of aryl methyl sites for hydroxylation is 1. The lowest BCUT2D eigenvalue weighted by Crippen LogP contribution is -2.55. The largest absolute Gasteiger partial charge is 0.386 e. The van der Waals surface area contributed by atoms with Gasteiger partial charge in [-0.2, -0.15) is 0 Å². The van der Waals surface area contributed by atoms with E-state index in [1.54, 1.807) is 32.4 Å². The van der Waals surface area contributed by atoms with E-state index in [0.29, 0.717) is 30.3 Å². The van der Waals surface area contributed by atoms with Crippen molar-refractivity contribution in [2.24, 2.45) is 0 Å². The van der Waals surface area contributed by atoms with Crippen LogP contribution in [0.2, 0.25) is 0 Å². The summed E-state index contributed by atoms with van der Waals surface area (Å²) >= 11 is 0. The number of nitrogens with zero attached hydrogens (tertiary/aromatic N) is 6. The third-order valence-electron chi connectivity index (χ3n) is 4.30. The fourth-order valence-electron chi connectivity index (χ4n) is 3.10. The van der Waals surface area contributed by atoms with Crippen LogP contribution in [0.3, 0.4) is 0 Å². The van der Waals surface area contributed by atoms with Gasteiger partial charge < -0.3 is 14.9 Å². The highest BCUT2D eigenvalue weighted by atomic mass is 16.3. The van der Waals surface area contributed by atoms with E-state index >= 15 is 0 Å². The molecule has 132 valence electrons. The number of rotatable bonds is 4. The number of hydrogen-bond donors (Lipinski definition) is 1. The molecule has 8 heteroatoms. The molecule has 0 aromatic carbocycles. The number of aliphatic hydroxyl groups is 1. The van der Waals surface area contributed by atoms with Crippen LogP contribution < -0.4 is 4.90 Å². The number of carbonyl (C=O) groups excluding carboxylic acids is 1. The molecule has 0 saturated carbocycles. The van der Waals surface area contributed by atoms with Gasteiger partial charge in [-0.05, 0) is 25.8 Å². The first kappa shape index (κ1) is 17.2. The van der Waals surface area contributed by atoms with Crippen LogP contribution >= 0.6 is 0 Å². The van der Waals surface area contributed by atoms with Crippen LogP contribution in [0.15, 0.2) is 30.9 Å². The minimum absolute atomic E-state index is 0.207. The van der Waals surface area contributed by atoms with Crippen molar-refractivity contribution >= 4 is 11.9 Å². The van der Waals surface area contributed by atoms with Crippen molar-refractivity contribution in [2.45, 2.75) is 25.4 Å². The summed E-state index contributed by atoms with van der Waals surface area (Å²) in [4.78, 5) is 32.6. The molecule has 1 aliphatic heterocycles. The monoisotopic (exact) mass is 342 g/mol. The van der Waals surface area contributed by atoms with Gasteiger partial charge in [-0.1, -0.05) is 0 Å². The number of anilines is 1. The summed E-state index contributed by atoms with van der Waals surface area (Å²) < 4.78 is 0. The fourth-order valence-corrected chi connectivity index (χ4v) is 3.10. The highest BCUT2D eigenvalue weighted by Crippen LogP contribution is 2.24. The van der Waals surface area contributed by atoms with Gasteiger partial charge in [-0.15, -0.1) is 0 Å². The number of β-amino-alcohol motifs (C(OH)–C–C–N with tert-alkyl or cyclic N) is 1. The lowest BCUT2D eigenvalue weighted by atomic mass is 9.92. The number of carbonyl (C=O) groups is 1. The van der Waals surface area contributed by atoms with Crippen LogP contribution in [0, 0.1) is 6.92 Å². The van der Waals surface area contributed by atoms with Crippen molar-refractivity contribution in [3.63, 3.8) is 0 Å². The standard InChI is InChI=1S/C17H22N6O2/c1-13-20-9-14(10-21-13)15(24)22(2)11-17(25)5-3-8-23(12-17)16-18-6-4-7-19-16/h4,6-7,9-10,25H,3,5,8,11-12H2,1-2H3. The van der Waals surface area contributed by atoms with E-state index in [9.17, 15) is 9.90 Å². The SMILES string of the molecule is Cc1ncc(C(=O)N(C)CC2(O)CCCN(c3ncccn3)C2)cn1. The first-order valence-corrected chi connectivity index (χ1v) is 8.25. The first-order valence-electron chi connectivity index (χ1n) is 8.25. The van der Waals surface area contributed by atoms with Gasteiger partial charge in [0.1, 0.15) is 5.82 Å². The molecule has 8 nitrogen and oxygen atoms in total. The Morgan fingerprint density at radius 2 is 1.96 bits per heavy atom. The van der Waals surface area contributed by atoms with E-state index in [1.807, 2.05) is 4.90 Å². The summed E-state index contributed by atoms with van der Waals surface area (Å²) in [6.45, 7) is 3.17. The van der Waals surface area contributed by atoms with E-state index in [1.165, 1.54) is 17.3 Å². The highest BCUT2D eigenvalue weighted by molar-refractivity contribution is 5.93. The smallest absolute Gasteiger partial charge is 0.256 e. The third kappa shape index (κ3) is 4.08. The van der Waals surface area contributed by atoms with Crippen LogP contribution in [0.5, 0.6) is 0 Å². The molecular formula is C17H22N6O2. The quantitative estimate of drug-likeness (QED) is 0.873. The molecule has 1 saturated heterocycles. The zero-order valence-electron chi connectivity index (χ0n) is 14.5. The number of aromatic nitrogens is 4. The van der Waals surface area contributed by atoms with Crippen molar-refractivity contribution in [1.82, 2.24) is 24.8 Å². The fraction of sp³-hybridized carbons (Fsp3) is 0.471. The molecule has 3 rings (SSSR count). The number of likely N-dealkylation sites (N-methyl/N-ethyl adjacent to an activating group) is 1. The van der Waals surface area contributed by atoms with Gasteiger partial charge in [-0.25, -0.2) is 19.9 Å². The summed E-state index contributed by atoms with van der Waals surface area (Å²) in [5.74, 6) is 1.01. The zero-order valence-corrected chi connectivity index (χ0v) is 14.5. The summed E-state index contributed by atoms with van der Waals surface area (Å²) in [6.07, 6.45) is 7.82. The molecule has 0 aliphatic carbocycles. The van der Waals surface area contributed by atoms with Gasteiger partial charge >= 0.3 is 0 Å². The Morgan fingerprint density at radius 1 is 1.28 bits per heavy atom. The van der Waals surface area contributed by atoms with Gasteiger partial charge in [0, 0.05) is 38.4 Å². The maximum absolute atomic E-state index is 12.5. The van der Waals surface area contributed by atoms with Crippen LogP contribution in [-0.4, -0.2) is 68.1 Å². The average molecular weight is 342 g/mol. The summed E-state index contributed by atoms with van der Waals surface area (Å²) in [5, 5.41) is 11.0. The van der Waals surface area contributed by atoms with Gasteiger partial charge in [0.15, 0.2) is 0 Å². The molecular weight excluding hydrogens is 320 g/mol. The Kier molecular flexibility index (Phi) is 4.89. The minimum atomic E-state index is -1.01. The van der Waals surface area contributed by atoms with Crippen molar-refractivity contribution in [3.05, 3.63) is 42.2 Å². The molecule has 1 aliphatic rings. The minimum Gasteiger partial charge on any atom is -0.386 e. The second-order valence-electron chi connectivity index (χ2n) is 6.48. The number of piperidine rings is 1. The van der Waals surface area contributed by atoms with Crippen LogP contribution in [-0.2, 0) is 0 Å². The van der Waals surface area contributed by atoms with Crippen LogP contribution in [0.4, 0.5) is 5.95 Å². The van der Waals surface area contributed by atoms with E-state index < -0.39 is 5.60 Å². The maximum atomic E-state index is 12.5. The van der Waals surface area contributed by atoms with Crippen molar-refractivity contribution in [3.8, 4) is 0 Å². The number of amides is 1. The molecule has 2 aromatic heterocycles. The normalized spacial score (nSPS) is 20.4. The van der Waals surface area contributed by atoms with Crippen molar-refractivity contribution < 1.29 is 9.90 Å². The topological polar surface area (TPSA) is 95.3 Å². The molecule has 1 atom stereocenters. The summed E-state index contributed by atoms with van der Waals surface area (Å²) in [5.41, 5.74) is -0.594. The van der Waals surface area contributed by atoms with Gasteiger partial charge in [0.2, 0.25) is 5.95 Å². The second kappa shape index (κ2) is 7.10. The Bertz CT molecular complexity index is 724. The molecule has 3 heterocycles. The van der Waals surface area contributed by atoms with E-state index in [2.05, 4.69) is 19.9 Å². The maximum Gasteiger partial charge on any atom is 0.256 e. The third-order valence-corrected chi connectivity index (χ3v) is 4.30. The first-order chi connectivity index (χ1) is 12.0. The molecule has 0 bridgehead atoms. The van der Waals surface area contributed by atoms with E-state index in [4.69, 9.17) is 0 Å². The Balaban J connectivity index is 1.68. The lowest BCUT2D eigenvalue weighted by Gasteiger charge is -2.41. The lowest BCUT2D eigenvalue weighted by molar-refractivity contribution is -0.000321. The van der Waals surface area contributed by atoms with Gasteiger partial charge in [-0.3, -0.25) is 4.79 Å². The molecule has 1 unspecified atom stereocenters. The van der Waals surface area contributed by atoms with E-state index in [-0.39, 0.29) is 12.5 Å². The van der Waals surface area contributed by atoms with Crippen molar-refractivity contribution in [1.29, 1.82) is 0 Å². The molecule has 25 heavy (non-hydrogen) atoms. The Morgan fingerprint density at radius 3 is 2.64 bits per heavy atom. The van der Waals surface area contributed by atoms with Crippen LogP contribution in [0.25, 0.3) is 0 Å². The predicted molar refractivity (Wildman–Crippen MR) is 92.2 cm³/mol. The Hall–Kier alpha value is -2.61. The molecule has 2 aromatic rings. The summed E-state index contributed by atoms with van der Waals surface area (Å²) in [6, 6.07) is 1.76. The van der Waals surface area contributed by atoms with E-state index in [0.717, 1.165) is 13.0 Å². The van der Waals surface area contributed by atoms with Crippen LogP contribution in [0.1, 0.15) is 29.0 Å². The second-order valence-corrected chi connectivity index (χ2v) is 6.48. The molecule has 1 fully saturated rings. The van der Waals surface area contributed by atoms with Crippen molar-refractivity contribution in [2.75, 3.05) is 31.6 Å². The summed E-state index contributed by atoms with van der Waals surface area (Å²) in [7, 11) is 1.68. The van der Waals surface area contributed by atoms with Gasteiger partial charge in [0.25, 0.3) is 5.91 Å². The Labute approximate surface area is 146 Å². The predicted octanol–water partition coefficient (Wildman–Crippen LogP) is 0.679. The average Bonchev–Trinajstić information content (AvgIpc) is 2.62. The highest BCUT2D eigenvalue weighted by Gasteiger charge is 2.36. The molecule has 0 radical (unpaired) electrons. The number of hydrogen-bond acceptors (Lipinski definition) is 7. The van der Waals surface area contributed by atoms with Gasteiger partial charge in [0.05, 0.1) is 24.3 Å². The molecule has 1 amide bonds. The molecule has 0 spiro atoms. The zero-order chi connectivity index (χ0) is 17.9. The molecule has 1 N–H and O–H groups in total.